The van der Waals surface area contributed by atoms with Crippen LogP contribution in [-0.4, -0.2) is 16.9 Å². The van der Waals surface area contributed by atoms with Gasteiger partial charge >= 0.3 is 5.97 Å². The Bertz CT molecular complexity index is 457. The lowest BCUT2D eigenvalue weighted by molar-refractivity contribution is 0.0692. The fraction of sp³-hybridized carbons (Fsp3) is 0.182. The molecule has 4 heteroatoms. The van der Waals surface area contributed by atoms with Crippen molar-refractivity contribution < 1.29 is 14.7 Å². The summed E-state index contributed by atoms with van der Waals surface area (Å²) in [6.45, 7) is 1.66. The lowest BCUT2D eigenvalue weighted by Gasteiger charge is -2.03. The van der Waals surface area contributed by atoms with Gasteiger partial charge in [-0.15, -0.1) is 0 Å². The van der Waals surface area contributed by atoms with E-state index in [1.54, 1.807) is 6.92 Å². The number of rotatable bonds is 3. The monoisotopic (exact) mass is 203 g/mol. The molecule has 1 N–H and O–H groups in total. The van der Waals surface area contributed by atoms with Crippen molar-refractivity contribution in [3.63, 3.8) is 0 Å². The van der Waals surface area contributed by atoms with Crippen molar-refractivity contribution in [3.05, 3.63) is 34.9 Å². The molecule has 1 aromatic rings. The number of hydrogen-bond donors (Lipinski definition) is 1. The van der Waals surface area contributed by atoms with Gasteiger partial charge in [0.1, 0.15) is 0 Å². The van der Waals surface area contributed by atoms with E-state index in [9.17, 15) is 9.59 Å². The average molecular weight is 203 g/mol. The molecule has 0 atom stereocenters. The van der Waals surface area contributed by atoms with Crippen molar-refractivity contribution in [1.82, 2.24) is 0 Å². The normalized spacial score (nSPS) is 9.33. The summed E-state index contributed by atoms with van der Waals surface area (Å²) in [5.74, 6) is -1.43. The van der Waals surface area contributed by atoms with E-state index in [2.05, 4.69) is 0 Å². The second-order valence-corrected chi connectivity index (χ2v) is 2.95. The summed E-state index contributed by atoms with van der Waals surface area (Å²) in [5.41, 5.74) is 0.282. The highest BCUT2D eigenvalue weighted by atomic mass is 16.4. The van der Waals surface area contributed by atoms with Crippen LogP contribution in [0, 0.1) is 11.3 Å². The first-order valence-corrected chi connectivity index (χ1v) is 4.40. The van der Waals surface area contributed by atoms with E-state index >= 15 is 0 Å². The summed E-state index contributed by atoms with van der Waals surface area (Å²) < 4.78 is 0. The number of carboxylic acid groups (broad SMARTS) is 1. The van der Waals surface area contributed by atoms with Crippen LogP contribution < -0.4 is 0 Å². The van der Waals surface area contributed by atoms with Crippen molar-refractivity contribution in [1.29, 1.82) is 5.26 Å². The second-order valence-electron chi connectivity index (χ2n) is 2.95. The zero-order chi connectivity index (χ0) is 11.4. The van der Waals surface area contributed by atoms with Crippen LogP contribution in [0.25, 0.3) is 0 Å². The predicted molar refractivity (Wildman–Crippen MR) is 52.7 cm³/mol. The van der Waals surface area contributed by atoms with E-state index < -0.39 is 5.97 Å². The van der Waals surface area contributed by atoms with Crippen molar-refractivity contribution in [2.45, 2.75) is 13.3 Å². The topological polar surface area (TPSA) is 78.2 Å². The molecule has 0 heterocycles. The van der Waals surface area contributed by atoms with E-state index in [0.29, 0.717) is 0 Å². The maximum Gasteiger partial charge on any atom is 0.336 e. The molecule has 4 nitrogen and oxygen atoms in total. The molecular formula is C11H9NO3. The Morgan fingerprint density at radius 3 is 2.53 bits per heavy atom. The lowest BCUT2D eigenvalue weighted by Crippen LogP contribution is -2.08. The zero-order valence-electron chi connectivity index (χ0n) is 8.15. The smallest absolute Gasteiger partial charge is 0.336 e. The fourth-order valence-corrected chi connectivity index (χ4v) is 1.22. The first-order chi connectivity index (χ1) is 7.10. The number of carboxylic acids is 1. The van der Waals surface area contributed by atoms with Crippen LogP contribution in [0.3, 0.4) is 0 Å². The first kappa shape index (κ1) is 10.9. The molecule has 0 radical (unpaired) electrons. The Labute approximate surface area is 86.8 Å². The van der Waals surface area contributed by atoms with E-state index in [1.165, 1.54) is 18.2 Å². The van der Waals surface area contributed by atoms with Crippen LogP contribution in [0.1, 0.15) is 39.6 Å². The Balaban J connectivity index is 3.35. The molecule has 0 amide bonds. The van der Waals surface area contributed by atoms with Gasteiger partial charge in [0.05, 0.1) is 17.2 Å². The fourth-order valence-electron chi connectivity index (χ4n) is 1.22. The number of hydrogen-bond acceptors (Lipinski definition) is 3. The third-order valence-corrected chi connectivity index (χ3v) is 2.00. The van der Waals surface area contributed by atoms with Gasteiger partial charge in [-0.2, -0.15) is 5.26 Å². The Kier molecular flexibility index (Phi) is 3.19. The van der Waals surface area contributed by atoms with Crippen LogP contribution in [-0.2, 0) is 0 Å². The number of ketones is 1. The minimum absolute atomic E-state index is 0.110. The van der Waals surface area contributed by atoms with Gasteiger partial charge in [-0.3, -0.25) is 4.79 Å². The molecule has 0 bridgehead atoms. The number of carbonyl (C=O) groups excluding carboxylic acids is 1. The molecule has 0 fully saturated rings. The van der Waals surface area contributed by atoms with Crippen molar-refractivity contribution in [2.24, 2.45) is 0 Å². The summed E-state index contributed by atoms with van der Waals surface area (Å²) >= 11 is 0. The molecule has 0 saturated carbocycles. The lowest BCUT2D eigenvalue weighted by atomic mass is 10.00. The average Bonchev–Trinajstić information content (AvgIpc) is 2.27. The number of benzene rings is 1. The van der Waals surface area contributed by atoms with Crippen LogP contribution >= 0.6 is 0 Å². The van der Waals surface area contributed by atoms with E-state index in [0.717, 1.165) is 0 Å². The van der Waals surface area contributed by atoms with E-state index in [1.807, 2.05) is 6.07 Å². The van der Waals surface area contributed by atoms with Crippen molar-refractivity contribution in [2.75, 3.05) is 0 Å². The molecule has 0 aliphatic rings. The minimum atomic E-state index is -1.19. The molecule has 0 saturated heterocycles. The zero-order valence-corrected chi connectivity index (χ0v) is 8.15. The molecule has 0 unspecified atom stereocenters. The molecule has 1 aromatic carbocycles. The van der Waals surface area contributed by atoms with Crippen LogP contribution in [0.2, 0.25) is 0 Å². The van der Waals surface area contributed by atoms with E-state index in [4.69, 9.17) is 10.4 Å². The molecule has 1 rings (SSSR count). The molecule has 76 valence electrons. The standard InChI is InChI=1S/C11H9NO3/c1-2-10(13)8-4-3-7(6-12)5-9(8)11(14)15/h3-5H,2H2,1H3,(H,14,15). The molecular weight excluding hydrogens is 194 g/mol. The Morgan fingerprint density at radius 2 is 2.07 bits per heavy atom. The maximum absolute atomic E-state index is 11.4. The quantitative estimate of drug-likeness (QED) is 0.760. The van der Waals surface area contributed by atoms with Gasteiger partial charge in [-0.25, -0.2) is 4.79 Å². The number of carbonyl (C=O) groups is 2. The molecule has 0 aliphatic heterocycles. The van der Waals surface area contributed by atoms with Crippen LogP contribution in [0.5, 0.6) is 0 Å². The van der Waals surface area contributed by atoms with Gasteiger partial charge in [-0.1, -0.05) is 6.92 Å². The third kappa shape index (κ3) is 2.20. The van der Waals surface area contributed by atoms with Gasteiger partial charge in [-0.05, 0) is 18.2 Å². The predicted octanol–water partition coefficient (Wildman–Crippen LogP) is 1.85. The van der Waals surface area contributed by atoms with E-state index in [-0.39, 0.29) is 28.9 Å². The largest absolute Gasteiger partial charge is 0.478 e. The van der Waals surface area contributed by atoms with Gasteiger partial charge in [0, 0.05) is 12.0 Å². The van der Waals surface area contributed by atoms with Gasteiger partial charge < -0.3 is 5.11 Å². The summed E-state index contributed by atoms with van der Waals surface area (Å²) in [6.07, 6.45) is 0.242. The maximum atomic E-state index is 11.4. The SMILES string of the molecule is CCC(=O)c1ccc(C#N)cc1C(=O)O. The molecule has 0 spiro atoms. The van der Waals surface area contributed by atoms with Gasteiger partial charge in [0.15, 0.2) is 5.78 Å². The highest BCUT2D eigenvalue weighted by Gasteiger charge is 2.15. The summed E-state index contributed by atoms with van der Waals surface area (Å²) in [4.78, 5) is 22.2. The first-order valence-electron chi connectivity index (χ1n) is 4.40. The van der Waals surface area contributed by atoms with Crippen LogP contribution in [0.4, 0.5) is 0 Å². The van der Waals surface area contributed by atoms with Crippen molar-refractivity contribution in [3.8, 4) is 6.07 Å². The number of Topliss-reactive ketones (excluding diaryl/α,β-unsaturated/α-hetero) is 1. The second kappa shape index (κ2) is 4.38. The molecule has 15 heavy (non-hydrogen) atoms. The highest BCUT2D eigenvalue weighted by Crippen LogP contribution is 2.14. The molecule has 0 aromatic heterocycles. The number of aromatic carboxylic acids is 1. The Morgan fingerprint density at radius 1 is 1.40 bits per heavy atom. The summed E-state index contributed by atoms with van der Waals surface area (Å²) in [6, 6.07) is 5.87. The summed E-state index contributed by atoms with van der Waals surface area (Å²) in [5, 5.41) is 17.5. The van der Waals surface area contributed by atoms with Crippen LogP contribution in [0.15, 0.2) is 18.2 Å². The summed E-state index contributed by atoms with van der Waals surface area (Å²) in [7, 11) is 0. The molecule has 0 aliphatic carbocycles. The van der Waals surface area contributed by atoms with Gasteiger partial charge in [0.2, 0.25) is 0 Å². The highest BCUT2D eigenvalue weighted by molar-refractivity contribution is 6.05. The Hall–Kier alpha value is -2.15. The number of nitriles is 1. The van der Waals surface area contributed by atoms with Crippen molar-refractivity contribution >= 4 is 11.8 Å². The number of nitrogens with zero attached hydrogens (tertiary/aromatic N) is 1. The minimum Gasteiger partial charge on any atom is -0.478 e. The third-order valence-electron chi connectivity index (χ3n) is 2.00. The van der Waals surface area contributed by atoms with Gasteiger partial charge in [0.25, 0.3) is 0 Å².